The van der Waals surface area contributed by atoms with Gasteiger partial charge >= 0.3 is 0 Å². The molecule has 2 aliphatic heterocycles. The first-order chi connectivity index (χ1) is 20.6. The van der Waals surface area contributed by atoms with Gasteiger partial charge in [0.1, 0.15) is 5.66 Å². The standard InChI is InChI=1S/C33H50N8O2/c1-23(2)10-15-27(24-11-13-25(14-12-24)30(42)34-22-28-36-38-39-37-28)41-31(43)29(40-20-8-6-7-9-21-40)35-33(41)18-16-26(17-19-33)32(3,4)5/h11-14,23,26-27H,6-10,15-22H2,1-5H3,(H,34,42)(H,36,37,38,39)/t26?,27-,33?/m1/s1. The summed E-state index contributed by atoms with van der Waals surface area (Å²) in [4.78, 5) is 37.3. The molecule has 43 heavy (non-hydrogen) atoms. The summed E-state index contributed by atoms with van der Waals surface area (Å²) in [6.07, 6.45) is 10.4. The van der Waals surface area contributed by atoms with Crippen LogP contribution in [0.25, 0.3) is 0 Å². The largest absolute Gasteiger partial charge is 0.352 e. The van der Waals surface area contributed by atoms with E-state index >= 15 is 0 Å². The summed E-state index contributed by atoms with van der Waals surface area (Å²) in [7, 11) is 0. The smallest absolute Gasteiger partial charge is 0.291 e. The molecule has 3 aliphatic rings. The van der Waals surface area contributed by atoms with Gasteiger partial charge in [0.15, 0.2) is 11.7 Å². The summed E-state index contributed by atoms with van der Waals surface area (Å²) in [5.74, 6) is 2.13. The number of nitrogens with one attached hydrogen (secondary N) is 2. The van der Waals surface area contributed by atoms with Crippen LogP contribution in [0.3, 0.4) is 0 Å². The van der Waals surface area contributed by atoms with Gasteiger partial charge in [0, 0.05) is 18.7 Å². The number of amidine groups is 1. The SMILES string of the molecule is CC(C)CC[C@H](c1ccc(C(=O)NCc2nn[nH]n2)cc1)N1C(=O)C(N2CCCCCC2)=NC12CCC(C(C)(C)C)CC2. The van der Waals surface area contributed by atoms with Crippen molar-refractivity contribution in [1.82, 2.24) is 35.7 Å². The van der Waals surface area contributed by atoms with E-state index in [0.717, 1.165) is 70.0 Å². The van der Waals surface area contributed by atoms with E-state index in [-0.39, 0.29) is 29.8 Å². The molecule has 2 N–H and O–H groups in total. The van der Waals surface area contributed by atoms with Crippen LogP contribution in [0.4, 0.5) is 0 Å². The third-order valence-electron chi connectivity index (χ3n) is 9.77. The van der Waals surface area contributed by atoms with Gasteiger partial charge in [-0.3, -0.25) is 9.59 Å². The number of H-pyrrole nitrogens is 1. The molecule has 0 bridgehead atoms. The Morgan fingerprint density at radius 3 is 2.30 bits per heavy atom. The molecule has 0 unspecified atom stereocenters. The highest BCUT2D eigenvalue weighted by Crippen LogP contribution is 2.49. The van der Waals surface area contributed by atoms with E-state index in [9.17, 15) is 9.59 Å². The van der Waals surface area contributed by atoms with Gasteiger partial charge in [-0.1, -0.05) is 64.8 Å². The Morgan fingerprint density at radius 1 is 1.05 bits per heavy atom. The van der Waals surface area contributed by atoms with Gasteiger partial charge in [-0.2, -0.15) is 5.21 Å². The molecule has 10 nitrogen and oxygen atoms in total. The number of amides is 2. The summed E-state index contributed by atoms with van der Waals surface area (Å²) in [6.45, 7) is 13.5. The average Bonchev–Trinajstić information content (AvgIpc) is 3.49. The minimum Gasteiger partial charge on any atom is -0.352 e. The van der Waals surface area contributed by atoms with E-state index in [1.165, 1.54) is 12.8 Å². The first kappa shape index (κ1) is 31.1. The minimum absolute atomic E-state index is 0.0896. The maximum Gasteiger partial charge on any atom is 0.291 e. The molecule has 234 valence electrons. The summed E-state index contributed by atoms with van der Waals surface area (Å²) in [5.41, 5.74) is 1.35. The average molecular weight is 591 g/mol. The predicted molar refractivity (Wildman–Crippen MR) is 167 cm³/mol. The molecule has 1 atom stereocenters. The van der Waals surface area contributed by atoms with Crippen LogP contribution in [0, 0.1) is 17.3 Å². The van der Waals surface area contributed by atoms with Crippen molar-refractivity contribution >= 4 is 17.6 Å². The Labute approximate surface area is 256 Å². The molecule has 5 rings (SSSR count). The molecule has 1 aliphatic carbocycles. The number of aromatic amines is 1. The van der Waals surface area contributed by atoms with Crippen molar-refractivity contribution in [3.8, 4) is 0 Å². The quantitative estimate of drug-likeness (QED) is 0.410. The fraction of sp³-hybridized carbons (Fsp3) is 0.697. The maximum absolute atomic E-state index is 14.6. The van der Waals surface area contributed by atoms with Crippen molar-refractivity contribution in [3.63, 3.8) is 0 Å². The Hall–Kier alpha value is -3.30. The Bertz CT molecular complexity index is 1250. The van der Waals surface area contributed by atoms with Crippen molar-refractivity contribution < 1.29 is 9.59 Å². The zero-order valence-electron chi connectivity index (χ0n) is 26.7. The number of carbonyl (C=O) groups excluding carboxylic acids is 2. The van der Waals surface area contributed by atoms with Gasteiger partial charge < -0.3 is 15.1 Å². The highest BCUT2D eigenvalue weighted by Gasteiger charge is 2.53. The topological polar surface area (TPSA) is 119 Å². The minimum atomic E-state index is -0.511. The lowest BCUT2D eigenvalue weighted by Crippen LogP contribution is -2.52. The Kier molecular flexibility index (Phi) is 9.51. The van der Waals surface area contributed by atoms with Crippen LogP contribution < -0.4 is 5.32 Å². The second-order valence-corrected chi connectivity index (χ2v) is 14.3. The second-order valence-electron chi connectivity index (χ2n) is 14.3. The molecule has 10 heteroatoms. The van der Waals surface area contributed by atoms with Gasteiger partial charge in [0.2, 0.25) is 0 Å². The number of likely N-dealkylation sites (tertiary alicyclic amines) is 1. The summed E-state index contributed by atoms with van der Waals surface area (Å²) >= 11 is 0. The molecule has 2 fully saturated rings. The number of tetrazole rings is 1. The lowest BCUT2D eigenvalue weighted by molar-refractivity contribution is -0.134. The van der Waals surface area contributed by atoms with Crippen molar-refractivity contribution in [2.45, 2.75) is 117 Å². The van der Waals surface area contributed by atoms with Gasteiger partial charge in [-0.15, -0.1) is 10.2 Å². The van der Waals surface area contributed by atoms with E-state index < -0.39 is 5.66 Å². The van der Waals surface area contributed by atoms with Crippen LogP contribution in [0.1, 0.15) is 127 Å². The Morgan fingerprint density at radius 2 is 1.72 bits per heavy atom. The molecule has 2 amide bonds. The Balaban J connectivity index is 1.44. The van der Waals surface area contributed by atoms with Crippen molar-refractivity contribution in [2.24, 2.45) is 22.2 Å². The van der Waals surface area contributed by atoms with Crippen LogP contribution >= 0.6 is 0 Å². The molecule has 2 aromatic rings. The first-order valence-corrected chi connectivity index (χ1v) is 16.4. The monoisotopic (exact) mass is 590 g/mol. The zero-order valence-corrected chi connectivity index (χ0v) is 26.7. The number of aromatic nitrogens is 4. The molecule has 0 radical (unpaired) electrons. The van der Waals surface area contributed by atoms with Crippen LogP contribution in [0.2, 0.25) is 0 Å². The van der Waals surface area contributed by atoms with Crippen LogP contribution in [-0.2, 0) is 11.3 Å². The van der Waals surface area contributed by atoms with Crippen LogP contribution in [0.5, 0.6) is 0 Å². The molecular weight excluding hydrogens is 540 g/mol. The summed E-state index contributed by atoms with van der Waals surface area (Å²) in [6, 6.07) is 7.68. The van der Waals surface area contributed by atoms with Crippen molar-refractivity contribution in [3.05, 3.63) is 41.2 Å². The normalized spacial score (nSPS) is 23.9. The summed E-state index contributed by atoms with van der Waals surface area (Å²) in [5, 5.41) is 16.6. The first-order valence-electron chi connectivity index (χ1n) is 16.4. The van der Waals surface area contributed by atoms with E-state index in [1.807, 2.05) is 24.3 Å². The number of rotatable bonds is 8. The van der Waals surface area contributed by atoms with Crippen LogP contribution in [0.15, 0.2) is 29.3 Å². The van der Waals surface area contributed by atoms with E-state index in [1.54, 1.807) is 0 Å². The third-order valence-corrected chi connectivity index (χ3v) is 9.77. The molecule has 1 aromatic carbocycles. The van der Waals surface area contributed by atoms with E-state index in [2.05, 4.69) is 70.4 Å². The van der Waals surface area contributed by atoms with Crippen molar-refractivity contribution in [1.29, 1.82) is 0 Å². The number of hydrogen-bond acceptors (Lipinski definition) is 7. The fourth-order valence-corrected chi connectivity index (χ4v) is 7.13. The molecular formula is C33H50N8O2. The molecule has 1 aromatic heterocycles. The molecule has 3 heterocycles. The van der Waals surface area contributed by atoms with Crippen molar-refractivity contribution in [2.75, 3.05) is 13.1 Å². The maximum atomic E-state index is 14.6. The van der Waals surface area contributed by atoms with E-state index in [0.29, 0.717) is 29.1 Å². The lowest BCUT2D eigenvalue weighted by Gasteiger charge is -2.47. The number of benzene rings is 1. The zero-order chi connectivity index (χ0) is 30.6. The van der Waals surface area contributed by atoms with E-state index in [4.69, 9.17) is 4.99 Å². The molecule has 1 spiro atoms. The fourth-order valence-electron chi connectivity index (χ4n) is 7.13. The third kappa shape index (κ3) is 7.10. The number of hydrogen-bond donors (Lipinski definition) is 2. The van der Waals surface area contributed by atoms with Gasteiger partial charge in [0.05, 0.1) is 12.6 Å². The number of aliphatic imine (C=N–C) groups is 1. The number of nitrogens with zero attached hydrogens (tertiary/aromatic N) is 6. The lowest BCUT2D eigenvalue weighted by atomic mass is 9.69. The number of carbonyl (C=O) groups is 2. The highest BCUT2D eigenvalue weighted by molar-refractivity contribution is 6.39. The van der Waals surface area contributed by atoms with Gasteiger partial charge in [-0.25, -0.2) is 4.99 Å². The predicted octanol–water partition coefficient (Wildman–Crippen LogP) is 5.66. The molecule has 1 saturated carbocycles. The highest BCUT2D eigenvalue weighted by atomic mass is 16.2. The van der Waals surface area contributed by atoms with Gasteiger partial charge in [-0.05, 0) is 86.3 Å². The summed E-state index contributed by atoms with van der Waals surface area (Å²) < 4.78 is 0. The van der Waals surface area contributed by atoms with Crippen LogP contribution in [-0.4, -0.2) is 66.8 Å². The molecule has 1 saturated heterocycles. The second kappa shape index (κ2) is 13.1. The van der Waals surface area contributed by atoms with Gasteiger partial charge in [0.25, 0.3) is 11.8 Å².